The largest absolute Gasteiger partial charge is 0.372 e. The van der Waals surface area contributed by atoms with E-state index in [1.165, 1.54) is 0 Å². The van der Waals surface area contributed by atoms with E-state index in [0.717, 1.165) is 29.3 Å². The fraction of sp³-hybridized carbons (Fsp3) is 0.571. The first kappa shape index (κ1) is 8.22. The molecule has 0 aliphatic carbocycles. The molecule has 0 amide bonds. The minimum Gasteiger partial charge on any atom is -0.372 e. The van der Waals surface area contributed by atoms with Crippen molar-refractivity contribution in [2.24, 2.45) is 5.73 Å². The Hall–Kier alpha value is -0.390. The summed E-state index contributed by atoms with van der Waals surface area (Å²) in [4.78, 5) is 4.30. The highest BCUT2D eigenvalue weighted by molar-refractivity contribution is 9.10. The molecule has 4 nitrogen and oxygen atoms in total. The van der Waals surface area contributed by atoms with Crippen molar-refractivity contribution in [3.05, 3.63) is 16.1 Å². The van der Waals surface area contributed by atoms with E-state index in [1.807, 2.05) is 0 Å². The zero-order valence-electron chi connectivity index (χ0n) is 6.59. The summed E-state index contributed by atoms with van der Waals surface area (Å²) in [5, 5.41) is 0. The van der Waals surface area contributed by atoms with Crippen molar-refractivity contribution >= 4 is 15.9 Å². The first-order valence-corrected chi connectivity index (χ1v) is 4.64. The Morgan fingerprint density at radius 2 is 2.50 bits per heavy atom. The molecule has 0 spiro atoms. The second-order valence-corrected chi connectivity index (χ2v) is 3.43. The molecule has 5 heteroatoms. The summed E-state index contributed by atoms with van der Waals surface area (Å²) in [5.41, 5.74) is 6.65. The van der Waals surface area contributed by atoms with E-state index in [0.29, 0.717) is 13.2 Å². The summed E-state index contributed by atoms with van der Waals surface area (Å²) in [6.45, 7) is 2.73. The zero-order valence-corrected chi connectivity index (χ0v) is 8.17. The van der Waals surface area contributed by atoms with E-state index in [1.54, 1.807) is 0 Å². The molecule has 1 aromatic heterocycles. The van der Waals surface area contributed by atoms with Gasteiger partial charge in [-0.1, -0.05) is 0 Å². The van der Waals surface area contributed by atoms with Crippen LogP contribution in [0.2, 0.25) is 0 Å². The minimum absolute atomic E-state index is 0.521. The number of hydrogen-bond acceptors (Lipinski definition) is 3. The van der Waals surface area contributed by atoms with E-state index in [9.17, 15) is 0 Å². The molecule has 1 aliphatic heterocycles. The molecular formula is C7H10BrN3O. The van der Waals surface area contributed by atoms with Gasteiger partial charge in [0.2, 0.25) is 0 Å². The van der Waals surface area contributed by atoms with Crippen molar-refractivity contribution in [1.82, 2.24) is 9.55 Å². The van der Waals surface area contributed by atoms with Gasteiger partial charge in [-0.2, -0.15) is 0 Å². The van der Waals surface area contributed by atoms with Crippen molar-refractivity contribution in [3.63, 3.8) is 0 Å². The molecule has 1 aromatic rings. The number of fused-ring (bicyclic) bond motifs is 1. The van der Waals surface area contributed by atoms with Gasteiger partial charge in [0.25, 0.3) is 0 Å². The highest BCUT2D eigenvalue weighted by Crippen LogP contribution is 2.20. The van der Waals surface area contributed by atoms with E-state index >= 15 is 0 Å². The lowest BCUT2D eigenvalue weighted by molar-refractivity contribution is 0.0806. The maximum atomic E-state index is 5.59. The van der Waals surface area contributed by atoms with Crippen LogP contribution in [-0.2, 0) is 24.4 Å². The number of imidazole rings is 1. The Morgan fingerprint density at radius 3 is 3.25 bits per heavy atom. The van der Waals surface area contributed by atoms with Gasteiger partial charge in [-0.15, -0.1) is 0 Å². The standard InChI is InChI=1S/C7H10BrN3O/c8-7-5(3-9)11-1-2-12-4-6(11)10-7/h1-4,9H2. The number of rotatable bonds is 1. The average Bonchev–Trinajstić information content (AvgIpc) is 2.40. The van der Waals surface area contributed by atoms with E-state index in [4.69, 9.17) is 10.5 Å². The number of nitrogens with zero attached hydrogens (tertiary/aromatic N) is 2. The van der Waals surface area contributed by atoms with Crippen LogP contribution in [0.4, 0.5) is 0 Å². The van der Waals surface area contributed by atoms with E-state index in [-0.39, 0.29) is 0 Å². The molecule has 0 unspecified atom stereocenters. The molecule has 0 bridgehead atoms. The lowest BCUT2D eigenvalue weighted by atomic mass is 10.4. The zero-order chi connectivity index (χ0) is 8.55. The van der Waals surface area contributed by atoms with E-state index < -0.39 is 0 Å². The topological polar surface area (TPSA) is 53.1 Å². The Morgan fingerprint density at radius 1 is 1.67 bits per heavy atom. The van der Waals surface area contributed by atoms with Crippen LogP contribution in [0.25, 0.3) is 0 Å². The number of halogens is 1. The SMILES string of the molecule is NCc1c(Br)nc2n1CCOC2. The number of nitrogens with two attached hydrogens (primary N) is 1. The van der Waals surface area contributed by atoms with Crippen molar-refractivity contribution < 1.29 is 4.74 Å². The third-order valence-corrected chi connectivity index (χ3v) is 2.62. The van der Waals surface area contributed by atoms with Crippen LogP contribution < -0.4 is 5.73 Å². The van der Waals surface area contributed by atoms with Crippen molar-refractivity contribution in [1.29, 1.82) is 0 Å². The number of hydrogen-bond donors (Lipinski definition) is 1. The van der Waals surface area contributed by atoms with Gasteiger partial charge in [-0.3, -0.25) is 0 Å². The lowest BCUT2D eigenvalue weighted by Crippen LogP contribution is -2.19. The minimum atomic E-state index is 0.521. The first-order valence-electron chi connectivity index (χ1n) is 3.84. The third-order valence-electron chi connectivity index (χ3n) is 1.99. The summed E-state index contributed by atoms with van der Waals surface area (Å²) in [5.74, 6) is 0.966. The summed E-state index contributed by atoms with van der Waals surface area (Å²) >= 11 is 3.37. The van der Waals surface area contributed by atoms with Gasteiger partial charge in [0, 0.05) is 13.1 Å². The Bertz CT molecular complexity index is 297. The summed E-state index contributed by atoms with van der Waals surface area (Å²) in [7, 11) is 0. The molecule has 0 aromatic carbocycles. The predicted octanol–water partition coefficient (Wildman–Crippen LogP) is 0.635. The molecule has 0 radical (unpaired) electrons. The van der Waals surface area contributed by atoms with Gasteiger partial charge < -0.3 is 15.0 Å². The maximum Gasteiger partial charge on any atom is 0.136 e. The molecule has 0 atom stereocenters. The molecular weight excluding hydrogens is 222 g/mol. The third kappa shape index (κ3) is 1.18. The number of aromatic nitrogens is 2. The molecule has 2 rings (SSSR count). The molecule has 2 N–H and O–H groups in total. The summed E-state index contributed by atoms with van der Waals surface area (Å²) in [6, 6.07) is 0. The molecule has 12 heavy (non-hydrogen) atoms. The van der Waals surface area contributed by atoms with Crippen molar-refractivity contribution in [2.75, 3.05) is 6.61 Å². The van der Waals surface area contributed by atoms with Gasteiger partial charge in [-0.25, -0.2) is 4.98 Å². The maximum absolute atomic E-state index is 5.59. The number of ether oxygens (including phenoxy) is 1. The van der Waals surface area contributed by atoms with Crippen LogP contribution in [0.1, 0.15) is 11.5 Å². The first-order chi connectivity index (χ1) is 5.83. The smallest absolute Gasteiger partial charge is 0.136 e. The predicted molar refractivity (Wildman–Crippen MR) is 47.5 cm³/mol. The molecule has 2 heterocycles. The van der Waals surface area contributed by atoms with Crippen LogP contribution in [0, 0.1) is 0 Å². The molecule has 0 saturated carbocycles. The monoisotopic (exact) mass is 231 g/mol. The van der Waals surface area contributed by atoms with Crippen LogP contribution in [0.3, 0.4) is 0 Å². The van der Waals surface area contributed by atoms with E-state index in [2.05, 4.69) is 25.5 Å². The van der Waals surface area contributed by atoms with Gasteiger partial charge in [0.1, 0.15) is 17.0 Å². The Labute approximate surface area is 78.8 Å². The van der Waals surface area contributed by atoms with Gasteiger partial charge >= 0.3 is 0 Å². The fourth-order valence-electron chi connectivity index (χ4n) is 1.39. The quantitative estimate of drug-likeness (QED) is 0.772. The molecule has 1 aliphatic rings. The summed E-state index contributed by atoms with van der Waals surface area (Å²) in [6.07, 6.45) is 0. The van der Waals surface area contributed by atoms with Crippen LogP contribution in [0.15, 0.2) is 4.60 Å². The molecule has 0 fully saturated rings. The van der Waals surface area contributed by atoms with Gasteiger partial charge in [0.05, 0.1) is 12.3 Å². The second-order valence-electron chi connectivity index (χ2n) is 2.67. The average molecular weight is 232 g/mol. The normalized spacial score (nSPS) is 16.2. The van der Waals surface area contributed by atoms with Gasteiger partial charge in [-0.05, 0) is 15.9 Å². The van der Waals surface area contributed by atoms with Crippen molar-refractivity contribution in [2.45, 2.75) is 19.7 Å². The summed E-state index contributed by atoms with van der Waals surface area (Å²) < 4.78 is 8.23. The molecule has 66 valence electrons. The highest BCUT2D eigenvalue weighted by atomic mass is 79.9. The highest BCUT2D eigenvalue weighted by Gasteiger charge is 2.16. The van der Waals surface area contributed by atoms with Crippen molar-refractivity contribution in [3.8, 4) is 0 Å². The second kappa shape index (κ2) is 3.16. The van der Waals surface area contributed by atoms with Crippen LogP contribution >= 0.6 is 15.9 Å². The van der Waals surface area contributed by atoms with Gasteiger partial charge in [0.15, 0.2) is 0 Å². The molecule has 0 saturated heterocycles. The Balaban J connectivity index is 2.46. The lowest BCUT2D eigenvalue weighted by Gasteiger charge is -2.15. The Kier molecular flexibility index (Phi) is 2.16. The van der Waals surface area contributed by atoms with Crippen LogP contribution in [-0.4, -0.2) is 16.2 Å². The van der Waals surface area contributed by atoms with Crippen LogP contribution in [0.5, 0.6) is 0 Å². The fourth-order valence-corrected chi connectivity index (χ4v) is 1.97.